The maximum absolute atomic E-state index is 13.7. The zero-order valence-corrected chi connectivity index (χ0v) is 14.8. The van der Waals surface area contributed by atoms with Crippen LogP contribution in [-0.4, -0.2) is 0 Å². The Labute approximate surface area is 154 Å². The first kappa shape index (κ1) is 18.3. The molecule has 0 aromatic heterocycles. The van der Waals surface area contributed by atoms with Gasteiger partial charge < -0.3 is 0 Å². The smallest absolute Gasteiger partial charge is 0.144 e. The third-order valence-corrected chi connectivity index (χ3v) is 5.47. The molecule has 0 saturated heterocycles. The Morgan fingerprint density at radius 3 is 2.08 bits per heavy atom. The molecule has 0 amide bonds. The van der Waals surface area contributed by atoms with E-state index in [-0.39, 0.29) is 0 Å². The second kappa shape index (κ2) is 8.27. The molecule has 3 heteroatoms. The van der Waals surface area contributed by atoms with Crippen LogP contribution in [-0.2, 0) is 12.8 Å². The van der Waals surface area contributed by atoms with Gasteiger partial charge in [0, 0.05) is 0 Å². The minimum absolute atomic E-state index is 0.510. The predicted octanol–water partition coefficient (Wildman–Crippen LogP) is 6.08. The molecule has 0 spiro atoms. The minimum Gasteiger partial charge on any atom is -0.205 e. The average molecular weight is 351 g/mol. The number of benzene rings is 2. The summed E-state index contributed by atoms with van der Waals surface area (Å²) in [6, 6.07) is 12.7. The van der Waals surface area contributed by atoms with Gasteiger partial charge in [0.05, 0.1) is 0 Å². The highest BCUT2D eigenvalue weighted by atomic mass is 19.1. The van der Waals surface area contributed by atoms with E-state index in [1.807, 2.05) is 0 Å². The Bertz CT molecular complexity index is 786. The SMILES string of the molecule is C=CC1CCC(c2ccc(CCc3cc(F)c(C#N)c(F)c3)cc2)CC1. The van der Waals surface area contributed by atoms with Crippen LogP contribution in [0.4, 0.5) is 8.78 Å². The molecular weight excluding hydrogens is 328 g/mol. The van der Waals surface area contributed by atoms with Crippen molar-refractivity contribution in [2.24, 2.45) is 5.92 Å². The molecule has 1 saturated carbocycles. The van der Waals surface area contributed by atoms with E-state index in [1.54, 1.807) is 6.07 Å². The third kappa shape index (κ3) is 4.19. The molecule has 1 aliphatic carbocycles. The normalized spacial score (nSPS) is 19.7. The lowest BCUT2D eigenvalue weighted by atomic mass is 9.78. The number of aryl methyl sites for hydroxylation is 2. The molecule has 2 aromatic carbocycles. The van der Waals surface area contributed by atoms with Gasteiger partial charge in [-0.3, -0.25) is 0 Å². The van der Waals surface area contributed by atoms with Gasteiger partial charge in [-0.15, -0.1) is 6.58 Å². The van der Waals surface area contributed by atoms with Gasteiger partial charge in [-0.1, -0.05) is 30.3 Å². The summed E-state index contributed by atoms with van der Waals surface area (Å²) in [7, 11) is 0. The van der Waals surface area contributed by atoms with Crippen molar-refractivity contribution in [2.45, 2.75) is 44.4 Å². The molecule has 0 N–H and O–H groups in total. The molecule has 134 valence electrons. The van der Waals surface area contributed by atoms with Gasteiger partial charge >= 0.3 is 0 Å². The van der Waals surface area contributed by atoms with E-state index < -0.39 is 17.2 Å². The van der Waals surface area contributed by atoms with E-state index in [0.717, 1.165) is 5.56 Å². The van der Waals surface area contributed by atoms with E-state index >= 15 is 0 Å². The fourth-order valence-electron chi connectivity index (χ4n) is 3.81. The van der Waals surface area contributed by atoms with E-state index in [2.05, 4.69) is 36.9 Å². The number of hydrogen-bond donors (Lipinski definition) is 0. The van der Waals surface area contributed by atoms with Crippen molar-refractivity contribution in [3.63, 3.8) is 0 Å². The molecule has 0 heterocycles. The van der Waals surface area contributed by atoms with Crippen LogP contribution in [0.3, 0.4) is 0 Å². The molecular formula is C23H23F2N. The second-order valence-corrected chi connectivity index (χ2v) is 7.14. The van der Waals surface area contributed by atoms with Crippen LogP contribution in [0.1, 0.15) is 53.9 Å². The molecule has 26 heavy (non-hydrogen) atoms. The number of hydrogen-bond acceptors (Lipinski definition) is 1. The second-order valence-electron chi connectivity index (χ2n) is 7.14. The maximum Gasteiger partial charge on any atom is 0.144 e. The van der Waals surface area contributed by atoms with Crippen LogP contribution in [0, 0.1) is 28.9 Å². The number of rotatable bonds is 5. The summed E-state index contributed by atoms with van der Waals surface area (Å²) in [5, 5.41) is 8.73. The Morgan fingerprint density at radius 1 is 0.962 bits per heavy atom. The quantitative estimate of drug-likeness (QED) is 0.599. The summed E-state index contributed by atoms with van der Waals surface area (Å²) >= 11 is 0. The number of nitrogens with zero attached hydrogens (tertiary/aromatic N) is 1. The van der Waals surface area contributed by atoms with Crippen LogP contribution in [0.2, 0.25) is 0 Å². The van der Waals surface area contributed by atoms with E-state index in [9.17, 15) is 8.78 Å². The zero-order valence-electron chi connectivity index (χ0n) is 14.8. The van der Waals surface area contributed by atoms with Crippen molar-refractivity contribution < 1.29 is 8.78 Å². The standard InChI is InChI=1S/C23H23F2N/c1-2-16-5-9-19(10-6-16)20-11-7-17(8-12-20)3-4-18-13-22(24)21(15-26)23(25)14-18/h2,7-8,11-14,16,19H,1,3-6,9-10H2. The summed E-state index contributed by atoms with van der Waals surface area (Å²) < 4.78 is 27.4. The molecule has 2 aromatic rings. The Morgan fingerprint density at radius 2 is 1.54 bits per heavy atom. The van der Waals surface area contributed by atoms with Gasteiger partial charge in [0.15, 0.2) is 0 Å². The summed E-state index contributed by atoms with van der Waals surface area (Å²) in [6.45, 7) is 3.90. The minimum atomic E-state index is -0.784. The van der Waals surface area contributed by atoms with Crippen LogP contribution in [0.15, 0.2) is 49.1 Å². The van der Waals surface area contributed by atoms with Gasteiger partial charge in [0.25, 0.3) is 0 Å². The molecule has 1 aliphatic rings. The lowest BCUT2D eigenvalue weighted by Gasteiger charge is -2.27. The number of halogens is 2. The predicted molar refractivity (Wildman–Crippen MR) is 99.8 cm³/mol. The van der Waals surface area contributed by atoms with E-state index in [1.165, 1.54) is 43.4 Å². The van der Waals surface area contributed by atoms with E-state index in [4.69, 9.17) is 5.26 Å². The molecule has 0 atom stereocenters. The Balaban J connectivity index is 1.60. The number of allylic oxidation sites excluding steroid dienone is 1. The highest BCUT2D eigenvalue weighted by Gasteiger charge is 2.20. The maximum atomic E-state index is 13.7. The fourth-order valence-corrected chi connectivity index (χ4v) is 3.81. The highest BCUT2D eigenvalue weighted by Crippen LogP contribution is 2.36. The molecule has 0 radical (unpaired) electrons. The molecule has 1 fully saturated rings. The van der Waals surface area contributed by atoms with Crippen molar-refractivity contribution >= 4 is 0 Å². The average Bonchev–Trinajstić information content (AvgIpc) is 2.67. The Hall–Kier alpha value is -2.47. The van der Waals surface area contributed by atoms with Crippen LogP contribution < -0.4 is 0 Å². The summed E-state index contributed by atoms with van der Waals surface area (Å²) in [6.07, 6.45) is 8.18. The van der Waals surface area contributed by atoms with Gasteiger partial charge in [0.1, 0.15) is 23.3 Å². The van der Waals surface area contributed by atoms with Crippen molar-refractivity contribution in [1.29, 1.82) is 5.26 Å². The summed E-state index contributed by atoms with van der Waals surface area (Å²) in [5.74, 6) is -0.276. The fraction of sp³-hybridized carbons (Fsp3) is 0.348. The first-order valence-electron chi connectivity index (χ1n) is 9.20. The topological polar surface area (TPSA) is 23.8 Å². The van der Waals surface area contributed by atoms with Gasteiger partial charge in [0.2, 0.25) is 0 Å². The summed E-state index contributed by atoms with van der Waals surface area (Å²) in [5.41, 5.74) is 2.60. The van der Waals surface area contributed by atoms with Crippen molar-refractivity contribution in [3.8, 4) is 6.07 Å². The van der Waals surface area contributed by atoms with Gasteiger partial charge in [-0.25, -0.2) is 8.78 Å². The van der Waals surface area contributed by atoms with E-state index in [0.29, 0.717) is 30.2 Å². The first-order chi connectivity index (χ1) is 12.6. The highest BCUT2D eigenvalue weighted by molar-refractivity contribution is 5.35. The molecule has 3 rings (SSSR count). The lowest BCUT2D eigenvalue weighted by molar-refractivity contribution is 0.376. The molecule has 0 unspecified atom stereocenters. The van der Waals surface area contributed by atoms with Crippen LogP contribution in [0.5, 0.6) is 0 Å². The van der Waals surface area contributed by atoms with Crippen molar-refractivity contribution in [1.82, 2.24) is 0 Å². The molecule has 0 bridgehead atoms. The summed E-state index contributed by atoms with van der Waals surface area (Å²) in [4.78, 5) is 0. The lowest BCUT2D eigenvalue weighted by Crippen LogP contribution is -2.11. The molecule has 0 aliphatic heterocycles. The number of nitriles is 1. The first-order valence-corrected chi connectivity index (χ1v) is 9.20. The van der Waals surface area contributed by atoms with Crippen LogP contribution in [0.25, 0.3) is 0 Å². The third-order valence-electron chi connectivity index (χ3n) is 5.47. The van der Waals surface area contributed by atoms with Crippen molar-refractivity contribution in [2.75, 3.05) is 0 Å². The zero-order chi connectivity index (χ0) is 18.5. The largest absolute Gasteiger partial charge is 0.205 e. The molecule has 1 nitrogen and oxygen atoms in total. The Kier molecular flexibility index (Phi) is 5.83. The van der Waals surface area contributed by atoms with Crippen LogP contribution >= 0.6 is 0 Å². The monoisotopic (exact) mass is 351 g/mol. The van der Waals surface area contributed by atoms with Gasteiger partial charge in [-0.05, 0) is 79.2 Å². The van der Waals surface area contributed by atoms with Crippen molar-refractivity contribution in [3.05, 3.63) is 82.9 Å². The van der Waals surface area contributed by atoms with Gasteiger partial charge in [-0.2, -0.15) is 5.26 Å².